The third-order valence-corrected chi connectivity index (χ3v) is 10.5. The number of carbonyl (C=O) groups is 5. The van der Waals surface area contributed by atoms with E-state index in [1.165, 1.54) is 21.9 Å². The fourth-order valence-corrected chi connectivity index (χ4v) is 7.54. The maximum Gasteiger partial charge on any atom is 0.410 e. The van der Waals surface area contributed by atoms with Gasteiger partial charge in [-0.25, -0.2) is 22.8 Å². The molecule has 3 N–H and O–H groups in total. The van der Waals surface area contributed by atoms with Gasteiger partial charge in [-0.15, -0.1) is 0 Å². The predicted octanol–water partition coefficient (Wildman–Crippen LogP) is 5.17. The molecular formula is C40H48F3N5O7. The van der Waals surface area contributed by atoms with Crippen molar-refractivity contribution in [2.24, 2.45) is 5.92 Å². The van der Waals surface area contributed by atoms with E-state index in [1.807, 2.05) is 12.2 Å². The minimum Gasteiger partial charge on any atom is -0.444 e. The van der Waals surface area contributed by atoms with Gasteiger partial charge in [0.2, 0.25) is 17.7 Å². The number of nitrogens with one attached hydrogen (secondary N) is 3. The van der Waals surface area contributed by atoms with Gasteiger partial charge in [0.1, 0.15) is 46.8 Å². The van der Waals surface area contributed by atoms with E-state index in [4.69, 9.17) is 9.47 Å². The van der Waals surface area contributed by atoms with Gasteiger partial charge in [0.05, 0.1) is 13.1 Å². The molecule has 4 aliphatic rings. The summed E-state index contributed by atoms with van der Waals surface area (Å²) in [4.78, 5) is 71.4. The summed E-state index contributed by atoms with van der Waals surface area (Å²) in [5.74, 6) is -3.95. The Morgan fingerprint density at radius 3 is 2.56 bits per heavy atom. The first-order valence-electron chi connectivity index (χ1n) is 18.9. The van der Waals surface area contributed by atoms with Crippen LogP contribution in [0.2, 0.25) is 0 Å². The average molecular weight is 768 g/mol. The highest BCUT2D eigenvalue weighted by Gasteiger charge is 2.61. The largest absolute Gasteiger partial charge is 0.444 e. The number of ether oxygens (including phenoxy) is 2. The number of rotatable bonds is 6. The number of allylic oxidation sites excluding steroid dienone is 1. The lowest BCUT2D eigenvalue weighted by Crippen LogP contribution is -2.58. The molecule has 3 aliphatic heterocycles. The van der Waals surface area contributed by atoms with Crippen LogP contribution in [0.4, 0.5) is 22.8 Å². The molecule has 5 atom stereocenters. The van der Waals surface area contributed by atoms with Crippen molar-refractivity contribution in [2.75, 3.05) is 13.1 Å². The molecule has 12 nitrogen and oxygen atoms in total. The third kappa shape index (κ3) is 9.42. The molecule has 2 fully saturated rings. The van der Waals surface area contributed by atoms with Crippen LogP contribution >= 0.6 is 0 Å². The Kier molecular flexibility index (Phi) is 11.8. The minimum atomic E-state index is -1.36. The maximum atomic E-state index is 14.4. The van der Waals surface area contributed by atoms with Crippen molar-refractivity contribution in [3.8, 4) is 0 Å². The normalized spacial score (nSPS) is 26.0. The van der Waals surface area contributed by atoms with Crippen LogP contribution in [0.3, 0.4) is 0 Å². The number of nitrogens with zero attached hydrogens (tertiary/aromatic N) is 2. The van der Waals surface area contributed by atoms with Crippen molar-refractivity contribution < 1.29 is 46.6 Å². The molecular weight excluding hydrogens is 719 g/mol. The molecule has 1 aliphatic carbocycles. The number of alkyl carbamates (subject to hydrolysis) is 1. The summed E-state index contributed by atoms with van der Waals surface area (Å²) < 4.78 is 53.4. The van der Waals surface area contributed by atoms with E-state index < -0.39 is 76.7 Å². The van der Waals surface area contributed by atoms with Gasteiger partial charge in [0, 0.05) is 37.1 Å². The summed E-state index contributed by atoms with van der Waals surface area (Å²) in [5, 5.41) is 8.38. The second-order valence-electron chi connectivity index (χ2n) is 15.8. The van der Waals surface area contributed by atoms with Crippen molar-refractivity contribution >= 4 is 29.9 Å². The molecule has 15 heteroatoms. The molecule has 1 saturated heterocycles. The molecule has 55 heavy (non-hydrogen) atoms. The van der Waals surface area contributed by atoms with Gasteiger partial charge in [0.25, 0.3) is 0 Å². The van der Waals surface area contributed by atoms with Crippen LogP contribution in [0.25, 0.3) is 0 Å². The van der Waals surface area contributed by atoms with Crippen molar-refractivity contribution in [1.29, 1.82) is 0 Å². The molecule has 0 radical (unpaired) electrons. The summed E-state index contributed by atoms with van der Waals surface area (Å²) in [6.07, 6.45) is 4.70. The third-order valence-electron chi connectivity index (χ3n) is 10.5. The molecule has 0 spiro atoms. The van der Waals surface area contributed by atoms with E-state index in [9.17, 15) is 37.1 Å². The number of hydrogen-bond donors (Lipinski definition) is 3. The molecule has 3 heterocycles. The Labute approximate surface area is 318 Å². The van der Waals surface area contributed by atoms with Gasteiger partial charge >= 0.3 is 12.2 Å². The molecule has 6 rings (SSSR count). The Morgan fingerprint density at radius 1 is 1.02 bits per heavy atom. The van der Waals surface area contributed by atoms with E-state index in [0.29, 0.717) is 24.0 Å². The summed E-state index contributed by atoms with van der Waals surface area (Å²) in [5.41, 5.74) is -0.936. The summed E-state index contributed by atoms with van der Waals surface area (Å²) >= 11 is 0. The van der Waals surface area contributed by atoms with Crippen LogP contribution in [0.5, 0.6) is 0 Å². The molecule has 296 valence electrons. The smallest absolute Gasteiger partial charge is 0.410 e. The Morgan fingerprint density at radius 2 is 1.82 bits per heavy atom. The number of amides is 5. The average Bonchev–Trinajstić information content (AvgIpc) is 3.41. The van der Waals surface area contributed by atoms with Crippen molar-refractivity contribution in [1.82, 2.24) is 25.8 Å². The highest BCUT2D eigenvalue weighted by molar-refractivity contribution is 5.98. The highest BCUT2D eigenvalue weighted by Crippen LogP contribution is 2.45. The Balaban J connectivity index is 1.22. The quantitative estimate of drug-likeness (QED) is 0.344. The highest BCUT2D eigenvalue weighted by atomic mass is 19.1. The maximum absolute atomic E-state index is 14.4. The monoisotopic (exact) mass is 767 g/mol. The number of halogens is 3. The van der Waals surface area contributed by atoms with E-state index >= 15 is 0 Å². The lowest BCUT2D eigenvalue weighted by molar-refractivity contribution is -0.141. The van der Waals surface area contributed by atoms with E-state index in [2.05, 4.69) is 16.0 Å². The molecule has 1 saturated carbocycles. The van der Waals surface area contributed by atoms with Crippen LogP contribution in [0, 0.1) is 23.4 Å². The zero-order valence-electron chi connectivity index (χ0n) is 31.3. The zero-order valence-corrected chi connectivity index (χ0v) is 31.3. The SMILES string of the molecule is CC(C)(C)OC(=O)NC1CCCCC/C=C\C2CC2(C(=O)NCCc2ccc(F)cc2F)NC(=O)[C@@H]2CC(OC(=O)N3Cc4cccc(F)c4C3)CN2C1=O. The fraction of sp³-hybridized carbons (Fsp3) is 0.525. The van der Waals surface area contributed by atoms with Crippen molar-refractivity contribution in [3.63, 3.8) is 0 Å². The van der Waals surface area contributed by atoms with Gasteiger partial charge < -0.3 is 30.3 Å². The molecule has 0 aromatic heterocycles. The zero-order chi connectivity index (χ0) is 39.5. The van der Waals surface area contributed by atoms with Crippen LogP contribution in [-0.4, -0.2) is 82.1 Å². The summed E-state index contributed by atoms with van der Waals surface area (Å²) in [6.45, 7) is 5.08. The van der Waals surface area contributed by atoms with Crippen LogP contribution < -0.4 is 16.0 Å². The number of benzene rings is 2. The van der Waals surface area contributed by atoms with Gasteiger partial charge in [-0.1, -0.05) is 43.2 Å². The number of hydrogen-bond acceptors (Lipinski definition) is 7. The number of carbonyl (C=O) groups excluding carboxylic acids is 5. The molecule has 2 aromatic rings. The second-order valence-corrected chi connectivity index (χ2v) is 15.8. The first-order valence-corrected chi connectivity index (χ1v) is 18.9. The van der Waals surface area contributed by atoms with E-state index in [0.717, 1.165) is 25.0 Å². The van der Waals surface area contributed by atoms with Crippen LogP contribution in [0.1, 0.15) is 82.4 Å². The van der Waals surface area contributed by atoms with Gasteiger partial charge in [-0.05, 0) is 76.1 Å². The van der Waals surface area contributed by atoms with E-state index in [-0.39, 0.29) is 63.3 Å². The lowest BCUT2D eigenvalue weighted by atomic mass is 10.0. The minimum absolute atomic E-state index is 0.00232. The standard InChI is InChI=1S/C40H48F3N5O7/c1-39(2,3)55-37(52)45-32-13-8-6-4-5-7-11-26-20-40(26,36(51)44-17-16-24-14-15-27(41)18-31(24)43)46-34(49)33-19-28(22-48(33)35(32)50)54-38(53)47-21-25-10-9-12-30(42)29(25)23-47/h7,9-12,14-15,18,26,28,32-33H,4-6,8,13,16-17,19-23H2,1-3H3,(H,44,51)(H,45,52)(H,46,49)/b11-7-/t26?,28?,32?,33-,40?/m0/s1. The first kappa shape index (κ1) is 39.6. The van der Waals surface area contributed by atoms with Crippen molar-refractivity contribution in [3.05, 3.63) is 82.7 Å². The fourth-order valence-electron chi connectivity index (χ4n) is 7.54. The summed E-state index contributed by atoms with van der Waals surface area (Å²) in [6, 6.07) is 5.59. The molecule has 4 unspecified atom stereocenters. The van der Waals surface area contributed by atoms with Gasteiger partial charge in [0.15, 0.2) is 0 Å². The second kappa shape index (κ2) is 16.3. The van der Waals surface area contributed by atoms with Crippen LogP contribution in [0.15, 0.2) is 48.6 Å². The Hall–Kier alpha value is -5.08. The van der Waals surface area contributed by atoms with Crippen molar-refractivity contribution in [2.45, 2.75) is 115 Å². The van der Waals surface area contributed by atoms with E-state index in [1.54, 1.807) is 32.9 Å². The molecule has 2 aromatic carbocycles. The topological polar surface area (TPSA) is 146 Å². The predicted molar refractivity (Wildman–Crippen MR) is 193 cm³/mol. The van der Waals surface area contributed by atoms with Gasteiger partial charge in [-0.2, -0.15) is 0 Å². The number of fused-ring (bicyclic) bond motifs is 3. The van der Waals surface area contributed by atoms with Gasteiger partial charge in [-0.3, -0.25) is 19.3 Å². The molecule has 0 bridgehead atoms. The first-order chi connectivity index (χ1) is 26.1. The Bertz CT molecular complexity index is 1850. The lowest BCUT2D eigenvalue weighted by Gasteiger charge is -2.30. The van der Waals surface area contributed by atoms with Crippen LogP contribution in [-0.2, 0) is 43.4 Å². The molecule has 5 amide bonds. The summed E-state index contributed by atoms with van der Waals surface area (Å²) in [7, 11) is 0.